The highest BCUT2D eigenvalue weighted by molar-refractivity contribution is 6.01. The summed E-state index contributed by atoms with van der Waals surface area (Å²) in [6, 6.07) is 20.2. The zero-order chi connectivity index (χ0) is 55.1. The van der Waals surface area contributed by atoms with E-state index in [4.69, 9.17) is 29.9 Å². The summed E-state index contributed by atoms with van der Waals surface area (Å²) in [6.07, 6.45) is 3.91. The zero-order valence-corrected chi connectivity index (χ0v) is 44.4. The van der Waals surface area contributed by atoms with Crippen LogP contribution in [-0.4, -0.2) is 121 Å². The number of benzene rings is 3. The fourth-order valence-corrected chi connectivity index (χ4v) is 11.5. The standard InChI is InChI=1S/C58H63F3N12O6/c1-32(2)52(56(76)71-21-5-6-46(71)55(75)65-45(30-74)39-15-11-35(12-16-39)36-17-19-63-20-18-36)73-29-44(69-70-73)38-9-7-34(8-10-38)31-79-53-48(51-49(58(59,60)61)33(3)24-47(62)66-51)42(37-13-14-37)26-43-50(53)67-57(78-23-22-77-4)68-54(43)72-28-40-25-41(72)27-64-40/h7-12,15-20,24,26,29,32,37,40-41,45-46,52,64,74H,5-6,13-14,21-23,25,27-28,30-31H2,1-4H3,(H2,62,66)(H,65,75). The summed E-state index contributed by atoms with van der Waals surface area (Å²) in [6.45, 7) is 7.03. The Morgan fingerprint density at radius 2 is 1.68 bits per heavy atom. The molecule has 21 heteroatoms. The van der Waals surface area contributed by atoms with Gasteiger partial charge in [-0.15, -0.1) is 5.10 Å². The molecule has 4 fully saturated rings. The van der Waals surface area contributed by atoms with Gasteiger partial charge in [0, 0.05) is 67.7 Å². The lowest BCUT2D eigenvalue weighted by Crippen LogP contribution is -2.50. The molecule has 7 aromatic rings. The number of fused-ring (bicyclic) bond motifs is 3. The van der Waals surface area contributed by atoms with Crippen LogP contribution in [0.3, 0.4) is 0 Å². The van der Waals surface area contributed by atoms with Gasteiger partial charge in [-0.1, -0.05) is 67.6 Å². The summed E-state index contributed by atoms with van der Waals surface area (Å²) in [5, 5.41) is 26.5. The Bertz CT molecular complexity index is 3360. The van der Waals surface area contributed by atoms with Gasteiger partial charge in [-0.05, 0) is 109 Å². The van der Waals surface area contributed by atoms with Crippen molar-refractivity contribution in [2.75, 3.05) is 57.2 Å². The third kappa shape index (κ3) is 10.9. The highest BCUT2D eigenvalue weighted by Crippen LogP contribution is 2.54. The minimum Gasteiger partial charge on any atom is -0.486 e. The maximum absolute atomic E-state index is 15.3. The summed E-state index contributed by atoms with van der Waals surface area (Å²) in [5.74, 6) is -0.246. The van der Waals surface area contributed by atoms with E-state index in [1.165, 1.54) is 13.0 Å². The highest BCUT2D eigenvalue weighted by atomic mass is 19.4. The topological polar surface area (TPSA) is 221 Å². The number of aryl methyl sites for hydroxylation is 1. The van der Waals surface area contributed by atoms with Crippen molar-refractivity contribution in [2.24, 2.45) is 5.92 Å². The van der Waals surface area contributed by atoms with Crippen molar-refractivity contribution < 1.29 is 42.1 Å². The fraction of sp³-hybridized carbons (Fsp3) is 0.414. The maximum atomic E-state index is 15.3. The number of piperazine rings is 1. The normalized spacial score (nSPS) is 18.9. The van der Waals surface area contributed by atoms with Crippen LogP contribution in [0, 0.1) is 12.8 Å². The number of anilines is 2. The van der Waals surface area contributed by atoms with Crippen molar-refractivity contribution >= 4 is 34.4 Å². The third-order valence-electron chi connectivity index (χ3n) is 15.5. The van der Waals surface area contributed by atoms with Crippen molar-refractivity contribution in [3.05, 3.63) is 119 Å². The predicted octanol–water partition coefficient (Wildman–Crippen LogP) is 7.99. The molecular weight excluding hydrogens is 1020 g/mol. The molecule has 11 rings (SSSR count). The van der Waals surface area contributed by atoms with Crippen LogP contribution in [0.4, 0.5) is 24.8 Å². The predicted molar refractivity (Wildman–Crippen MR) is 290 cm³/mol. The molecule has 3 saturated heterocycles. The van der Waals surface area contributed by atoms with Gasteiger partial charge in [-0.3, -0.25) is 14.6 Å². The minimum absolute atomic E-state index is 0.0364. The van der Waals surface area contributed by atoms with Gasteiger partial charge in [0.25, 0.3) is 0 Å². The average Bonchev–Trinajstić information content (AvgIpc) is 4.07. The van der Waals surface area contributed by atoms with Crippen LogP contribution in [-0.2, 0) is 27.1 Å². The Morgan fingerprint density at radius 1 is 0.937 bits per heavy atom. The van der Waals surface area contributed by atoms with Gasteiger partial charge in [-0.2, -0.15) is 23.1 Å². The molecule has 2 bridgehead atoms. The molecule has 4 aliphatic rings. The number of ether oxygens (including phenoxy) is 3. The van der Waals surface area contributed by atoms with E-state index >= 15 is 13.2 Å². The zero-order valence-electron chi connectivity index (χ0n) is 44.4. The van der Waals surface area contributed by atoms with E-state index in [-0.39, 0.29) is 102 Å². The second kappa shape index (κ2) is 22.2. The van der Waals surface area contributed by atoms with Crippen molar-refractivity contribution in [1.29, 1.82) is 0 Å². The second-order valence-corrected chi connectivity index (χ2v) is 21.3. The van der Waals surface area contributed by atoms with Crippen LogP contribution in [0.15, 0.2) is 91.4 Å². The molecule has 18 nitrogen and oxygen atoms in total. The van der Waals surface area contributed by atoms with Gasteiger partial charge in [0.05, 0.1) is 36.7 Å². The molecule has 3 aliphatic heterocycles. The van der Waals surface area contributed by atoms with Gasteiger partial charge in [0.15, 0.2) is 5.75 Å². The van der Waals surface area contributed by atoms with E-state index in [2.05, 4.69) is 35.8 Å². The first-order valence-corrected chi connectivity index (χ1v) is 26.9. The van der Waals surface area contributed by atoms with Gasteiger partial charge in [0.2, 0.25) is 11.8 Å². The number of nitrogens with two attached hydrogens (primary N) is 1. The largest absolute Gasteiger partial charge is 0.486 e. The molecule has 5 unspecified atom stereocenters. The smallest absolute Gasteiger partial charge is 0.418 e. The first-order chi connectivity index (χ1) is 38.2. The molecule has 5 atom stereocenters. The average molecular weight is 1080 g/mol. The lowest BCUT2D eigenvalue weighted by atomic mass is 9.92. The molecule has 3 aromatic carbocycles. The van der Waals surface area contributed by atoms with Gasteiger partial charge >= 0.3 is 12.2 Å². The number of hydrogen-bond donors (Lipinski definition) is 4. The Hall–Kier alpha value is -7.75. The lowest BCUT2D eigenvalue weighted by molar-refractivity contribution is -0.142. The molecule has 79 heavy (non-hydrogen) atoms. The molecule has 4 aromatic heterocycles. The Morgan fingerprint density at radius 3 is 2.35 bits per heavy atom. The first-order valence-electron chi connectivity index (χ1n) is 26.9. The number of pyridine rings is 2. The molecule has 5 N–H and O–H groups in total. The van der Waals surface area contributed by atoms with Crippen molar-refractivity contribution in [2.45, 2.75) is 102 Å². The number of nitrogen functional groups attached to an aromatic ring is 1. The van der Waals surface area contributed by atoms with Crippen molar-refractivity contribution in [3.8, 4) is 45.4 Å². The van der Waals surface area contributed by atoms with Crippen LogP contribution in [0.5, 0.6) is 11.8 Å². The number of carbonyl (C=O) groups excluding carboxylic acids is 2. The Labute approximate surface area is 454 Å². The molecule has 2 amide bonds. The molecule has 412 valence electrons. The van der Waals surface area contributed by atoms with Crippen molar-refractivity contribution in [1.82, 2.24) is 50.5 Å². The quantitative estimate of drug-likeness (QED) is 0.0564. The molecule has 1 aliphatic carbocycles. The number of halogens is 3. The van der Waals surface area contributed by atoms with E-state index in [1.807, 2.05) is 80.6 Å². The summed E-state index contributed by atoms with van der Waals surface area (Å²) in [7, 11) is 1.55. The number of aliphatic hydroxyl groups is 1. The van der Waals surface area contributed by atoms with Crippen LogP contribution in [0.25, 0.3) is 44.5 Å². The number of rotatable bonds is 19. The van der Waals surface area contributed by atoms with Crippen LogP contribution < -0.4 is 30.7 Å². The number of amides is 2. The van der Waals surface area contributed by atoms with Gasteiger partial charge < -0.3 is 45.5 Å². The number of nitrogens with one attached hydrogen (secondary N) is 2. The number of nitrogens with zero attached hydrogens (tertiary/aromatic N) is 9. The number of aromatic nitrogens is 7. The molecule has 7 heterocycles. The molecule has 0 radical (unpaired) electrons. The number of hydrogen-bond acceptors (Lipinski definition) is 15. The van der Waals surface area contributed by atoms with Crippen molar-refractivity contribution in [3.63, 3.8) is 0 Å². The first kappa shape index (κ1) is 53.3. The van der Waals surface area contributed by atoms with E-state index < -0.39 is 29.9 Å². The highest BCUT2D eigenvalue weighted by Gasteiger charge is 2.44. The summed E-state index contributed by atoms with van der Waals surface area (Å²) in [4.78, 5) is 50.7. The molecular formula is C58H63F3N12O6. The monoisotopic (exact) mass is 1080 g/mol. The van der Waals surface area contributed by atoms with Gasteiger partial charge in [-0.25, -0.2) is 9.67 Å². The number of aliphatic hydroxyl groups excluding tert-OH is 1. The third-order valence-corrected chi connectivity index (χ3v) is 15.5. The maximum Gasteiger partial charge on any atom is 0.418 e. The summed E-state index contributed by atoms with van der Waals surface area (Å²) < 4.78 is 65.5. The Balaban J connectivity index is 0.866. The Kier molecular flexibility index (Phi) is 15.0. The number of methoxy groups -OCH3 is 1. The summed E-state index contributed by atoms with van der Waals surface area (Å²) in [5.41, 5.74) is 10.7. The molecule has 1 saturated carbocycles. The lowest BCUT2D eigenvalue weighted by Gasteiger charge is -2.30. The van der Waals surface area contributed by atoms with Gasteiger partial charge in [0.1, 0.15) is 48.1 Å². The van der Waals surface area contributed by atoms with Crippen LogP contribution in [0.2, 0.25) is 0 Å². The number of carbonyl (C=O) groups is 2. The number of likely N-dealkylation sites (tertiary alicyclic amines) is 1. The van der Waals surface area contributed by atoms with Crippen LogP contribution >= 0.6 is 0 Å². The summed E-state index contributed by atoms with van der Waals surface area (Å²) >= 11 is 0. The SMILES string of the molecule is COCCOc1nc(N2CC3CC2CN3)c2cc(C3CC3)c(-c3nc(N)cc(C)c3C(F)(F)F)c(OCc3ccc(-c4cn(C(C(=O)N5CCCC5C(=O)NC(CO)c5ccc(-c6ccncc6)cc5)C(C)C)nn4)cc3)c2n1. The van der Waals surface area contributed by atoms with Crippen LogP contribution in [0.1, 0.15) is 91.8 Å². The minimum atomic E-state index is -4.78. The molecule has 0 spiro atoms. The van der Waals surface area contributed by atoms with E-state index in [9.17, 15) is 14.7 Å². The fourth-order valence-electron chi connectivity index (χ4n) is 11.5. The number of alkyl halides is 3. The second-order valence-electron chi connectivity index (χ2n) is 21.3. The van der Waals surface area contributed by atoms with E-state index in [0.717, 1.165) is 42.5 Å². The van der Waals surface area contributed by atoms with E-state index in [0.29, 0.717) is 59.5 Å². The van der Waals surface area contributed by atoms with E-state index in [1.54, 1.807) is 35.3 Å².